The third-order valence-corrected chi connectivity index (χ3v) is 7.79. The van der Waals surface area contributed by atoms with Crippen molar-refractivity contribution in [1.29, 1.82) is 5.26 Å². The first-order valence-electron chi connectivity index (χ1n) is 10.4. The number of carbonyl (C=O) groups excluding carboxylic acids is 1. The van der Waals surface area contributed by atoms with Gasteiger partial charge in [-0.1, -0.05) is 6.07 Å². The van der Waals surface area contributed by atoms with Gasteiger partial charge in [-0.25, -0.2) is 12.9 Å². The van der Waals surface area contributed by atoms with Gasteiger partial charge in [-0.3, -0.25) is 14.8 Å². The van der Waals surface area contributed by atoms with Crippen LogP contribution in [0, 0.1) is 17.2 Å². The molecular weight excluding hydrogens is 432 g/mol. The summed E-state index contributed by atoms with van der Waals surface area (Å²) in [6.07, 6.45) is 5.39. The average Bonchev–Trinajstić information content (AvgIpc) is 3.34. The minimum absolute atomic E-state index is 0.0217. The zero-order valence-corrected chi connectivity index (χ0v) is 18.3. The summed E-state index contributed by atoms with van der Waals surface area (Å²) in [5.74, 6) is 0.259. The molecule has 32 heavy (non-hydrogen) atoms. The normalized spacial score (nSPS) is 18.2. The molecule has 0 spiro atoms. The van der Waals surface area contributed by atoms with Crippen molar-refractivity contribution in [1.82, 2.24) is 28.7 Å². The van der Waals surface area contributed by atoms with E-state index in [2.05, 4.69) is 26.6 Å². The third-order valence-electron chi connectivity index (χ3n) is 6.01. The Balaban J connectivity index is 1.44. The first-order valence-corrected chi connectivity index (χ1v) is 12.0. The van der Waals surface area contributed by atoms with E-state index >= 15 is 0 Å². The second-order valence-corrected chi connectivity index (χ2v) is 10.5. The van der Waals surface area contributed by atoms with E-state index in [0.717, 1.165) is 24.1 Å². The second-order valence-electron chi connectivity index (χ2n) is 8.28. The van der Waals surface area contributed by atoms with E-state index < -0.39 is 15.6 Å². The fraction of sp³-hybridized carbons (Fsp3) is 0.450. The van der Waals surface area contributed by atoms with Crippen LogP contribution in [0.1, 0.15) is 26.2 Å². The second kappa shape index (κ2) is 7.39. The van der Waals surface area contributed by atoms with Crippen LogP contribution in [-0.4, -0.2) is 61.9 Å². The fourth-order valence-corrected chi connectivity index (χ4v) is 5.16. The Morgan fingerprint density at radius 3 is 2.81 bits per heavy atom. The molecule has 0 aromatic carbocycles. The van der Waals surface area contributed by atoms with Crippen LogP contribution >= 0.6 is 0 Å². The Labute approximate surface area is 184 Å². The molecule has 3 aromatic heterocycles. The van der Waals surface area contributed by atoms with Gasteiger partial charge in [0.1, 0.15) is 5.54 Å². The minimum Gasteiger partial charge on any atom is -0.293 e. The predicted octanol–water partition coefficient (Wildman–Crippen LogP) is 1.22. The molecule has 5 rings (SSSR count). The molecule has 3 aromatic rings. The first-order chi connectivity index (χ1) is 15.3. The smallest absolute Gasteiger partial charge is 0.249 e. The molecule has 1 saturated heterocycles. The van der Waals surface area contributed by atoms with E-state index in [-0.39, 0.29) is 43.0 Å². The van der Waals surface area contributed by atoms with E-state index in [0.29, 0.717) is 5.65 Å². The molecule has 4 heterocycles. The number of rotatable bonds is 7. The van der Waals surface area contributed by atoms with E-state index in [1.807, 2.05) is 12.1 Å². The van der Waals surface area contributed by atoms with Crippen molar-refractivity contribution < 1.29 is 13.2 Å². The van der Waals surface area contributed by atoms with Crippen LogP contribution in [0.3, 0.4) is 0 Å². The molecule has 0 radical (unpaired) electrons. The number of aromatic nitrogens is 5. The highest BCUT2D eigenvalue weighted by atomic mass is 32.2. The Kier molecular flexibility index (Phi) is 4.75. The standard InChI is InChI=1S/C20H22N8O3S/c1-2-32(30,31)26-12-20(13-26,8-9-21)27-11-15(10-22-27)16-4-3-5-17-23-19(25-28(16)17)24-18(29)14-6-7-14/h3-5,10-11,14H,2,6-8,12-13H2,1H3,(H,24,25,29). The molecule has 1 amide bonds. The summed E-state index contributed by atoms with van der Waals surface area (Å²) < 4.78 is 29.0. The van der Waals surface area contributed by atoms with Crippen LogP contribution in [0.25, 0.3) is 16.9 Å². The number of fused-ring (bicyclic) bond motifs is 1. The lowest BCUT2D eigenvalue weighted by molar-refractivity contribution is -0.117. The molecule has 11 nitrogen and oxygen atoms in total. The van der Waals surface area contributed by atoms with Crippen molar-refractivity contribution in [2.75, 3.05) is 24.2 Å². The first kappa shape index (κ1) is 20.6. The highest BCUT2D eigenvalue weighted by Gasteiger charge is 2.49. The monoisotopic (exact) mass is 454 g/mol. The molecule has 2 fully saturated rings. The Morgan fingerprint density at radius 1 is 1.34 bits per heavy atom. The van der Waals surface area contributed by atoms with Gasteiger partial charge in [0.25, 0.3) is 0 Å². The van der Waals surface area contributed by atoms with E-state index in [4.69, 9.17) is 0 Å². The number of sulfonamides is 1. The summed E-state index contributed by atoms with van der Waals surface area (Å²) in [4.78, 5) is 16.4. The predicted molar refractivity (Wildman–Crippen MR) is 115 cm³/mol. The maximum Gasteiger partial charge on any atom is 0.249 e. The van der Waals surface area contributed by atoms with Crippen molar-refractivity contribution in [3.05, 3.63) is 30.6 Å². The van der Waals surface area contributed by atoms with Gasteiger partial charge < -0.3 is 0 Å². The number of amides is 1. The molecule has 0 atom stereocenters. The summed E-state index contributed by atoms with van der Waals surface area (Å²) in [7, 11) is -3.32. The molecule has 12 heteroatoms. The molecule has 1 saturated carbocycles. The molecule has 166 valence electrons. The molecule has 1 aliphatic carbocycles. The van der Waals surface area contributed by atoms with Gasteiger partial charge in [0, 0.05) is 30.8 Å². The van der Waals surface area contributed by atoms with Gasteiger partial charge in [0.05, 0.1) is 30.1 Å². The number of pyridine rings is 1. The van der Waals surface area contributed by atoms with Crippen LogP contribution in [0.4, 0.5) is 5.95 Å². The van der Waals surface area contributed by atoms with Gasteiger partial charge in [0.15, 0.2) is 5.65 Å². The van der Waals surface area contributed by atoms with E-state index in [9.17, 15) is 18.5 Å². The average molecular weight is 455 g/mol. The molecule has 0 bridgehead atoms. The van der Waals surface area contributed by atoms with Gasteiger partial charge >= 0.3 is 0 Å². The number of carbonyl (C=O) groups is 1. The van der Waals surface area contributed by atoms with Crippen LogP contribution in [0.2, 0.25) is 0 Å². The Bertz CT molecular complexity index is 1340. The summed E-state index contributed by atoms with van der Waals surface area (Å²) in [5, 5.41) is 21.0. The lowest BCUT2D eigenvalue weighted by Gasteiger charge is -2.47. The zero-order chi connectivity index (χ0) is 22.5. The minimum atomic E-state index is -3.32. The van der Waals surface area contributed by atoms with Crippen LogP contribution < -0.4 is 5.32 Å². The summed E-state index contributed by atoms with van der Waals surface area (Å²) in [5.41, 5.74) is 1.35. The maximum atomic E-state index is 12.2. The lowest BCUT2D eigenvalue weighted by atomic mass is 9.89. The Hall–Kier alpha value is -3.30. The van der Waals surface area contributed by atoms with Crippen LogP contribution in [0.5, 0.6) is 0 Å². The van der Waals surface area contributed by atoms with Crippen molar-refractivity contribution in [2.24, 2.45) is 5.92 Å². The molecular formula is C20H22N8O3S. The van der Waals surface area contributed by atoms with Crippen LogP contribution in [-0.2, 0) is 20.4 Å². The maximum absolute atomic E-state index is 12.2. The Morgan fingerprint density at radius 2 is 2.12 bits per heavy atom. The SMILES string of the molecule is CCS(=O)(=O)N1CC(CC#N)(n2cc(-c3cccc4nc(NC(=O)C5CC5)nn34)cn2)C1. The van der Waals surface area contributed by atoms with Gasteiger partial charge in [-0.15, -0.1) is 5.10 Å². The zero-order valence-electron chi connectivity index (χ0n) is 17.5. The number of hydrogen-bond acceptors (Lipinski definition) is 7. The molecule has 1 N–H and O–H groups in total. The number of hydrogen-bond donors (Lipinski definition) is 1. The molecule has 1 aliphatic heterocycles. The highest BCUT2D eigenvalue weighted by molar-refractivity contribution is 7.89. The quantitative estimate of drug-likeness (QED) is 0.566. The van der Waals surface area contributed by atoms with Crippen LogP contribution in [0.15, 0.2) is 30.6 Å². The van der Waals surface area contributed by atoms with Crippen molar-refractivity contribution in [3.8, 4) is 17.3 Å². The van der Waals surface area contributed by atoms with E-state index in [1.165, 1.54) is 4.31 Å². The van der Waals surface area contributed by atoms with Gasteiger partial charge in [-0.05, 0) is 31.9 Å². The number of anilines is 1. The number of nitrogens with zero attached hydrogens (tertiary/aromatic N) is 7. The lowest BCUT2D eigenvalue weighted by Crippen LogP contribution is -2.64. The fourth-order valence-electron chi connectivity index (χ4n) is 3.92. The largest absolute Gasteiger partial charge is 0.293 e. The van der Waals surface area contributed by atoms with Gasteiger partial charge in [0.2, 0.25) is 21.9 Å². The van der Waals surface area contributed by atoms with E-state index in [1.54, 1.807) is 34.6 Å². The number of nitrogens with one attached hydrogen (secondary N) is 1. The summed E-state index contributed by atoms with van der Waals surface area (Å²) >= 11 is 0. The van der Waals surface area contributed by atoms with Crippen molar-refractivity contribution in [2.45, 2.75) is 31.7 Å². The third kappa shape index (κ3) is 3.43. The topological polar surface area (TPSA) is 138 Å². The number of nitriles is 1. The molecule has 2 aliphatic rings. The van der Waals surface area contributed by atoms with Crippen molar-refractivity contribution in [3.63, 3.8) is 0 Å². The van der Waals surface area contributed by atoms with Gasteiger partial charge in [-0.2, -0.15) is 19.6 Å². The molecule has 0 unspecified atom stereocenters. The highest BCUT2D eigenvalue weighted by Crippen LogP contribution is 2.35. The summed E-state index contributed by atoms with van der Waals surface area (Å²) in [6, 6.07) is 7.66. The van der Waals surface area contributed by atoms with Crippen molar-refractivity contribution >= 4 is 27.5 Å². The summed E-state index contributed by atoms with van der Waals surface area (Å²) in [6.45, 7) is 2.02.